The Bertz CT molecular complexity index is 656. The van der Waals surface area contributed by atoms with E-state index >= 15 is 0 Å². The lowest BCUT2D eigenvalue weighted by Gasteiger charge is -2.63. The van der Waals surface area contributed by atoms with Gasteiger partial charge in [-0.15, -0.1) is 0 Å². The maximum absolute atomic E-state index is 13.0. The number of hydrogen-bond donors (Lipinski definition) is 2. The van der Waals surface area contributed by atoms with Crippen LogP contribution in [0.3, 0.4) is 0 Å². The number of aliphatic hydroxyl groups is 2. The molecule has 22 heavy (non-hydrogen) atoms. The third-order valence-electron chi connectivity index (χ3n) is 5.56. The van der Waals surface area contributed by atoms with Gasteiger partial charge in [-0.05, 0) is 32.0 Å². The van der Waals surface area contributed by atoms with Crippen molar-refractivity contribution in [3.05, 3.63) is 30.3 Å². The first kappa shape index (κ1) is 14.6. The van der Waals surface area contributed by atoms with Crippen LogP contribution in [0.25, 0.3) is 0 Å². The summed E-state index contributed by atoms with van der Waals surface area (Å²) >= 11 is 0. The summed E-state index contributed by atoms with van der Waals surface area (Å²) in [5.74, 6) is 0. The van der Waals surface area contributed by atoms with E-state index in [0.717, 1.165) is 0 Å². The molecule has 0 radical (unpaired) electrons. The average Bonchev–Trinajstić information content (AvgIpc) is 2.50. The molecule has 0 saturated carbocycles. The highest BCUT2D eigenvalue weighted by Crippen LogP contribution is 2.46. The molecule has 0 amide bonds. The lowest BCUT2D eigenvalue weighted by atomic mass is 9.71. The smallest absolute Gasteiger partial charge is 0.243 e. The first-order valence-corrected chi connectivity index (χ1v) is 9.03. The summed E-state index contributed by atoms with van der Waals surface area (Å²) in [6, 6.07) is 7.23. The highest BCUT2D eigenvalue weighted by atomic mass is 32.2. The van der Waals surface area contributed by atoms with E-state index in [-0.39, 0.29) is 17.0 Å². The zero-order valence-electron chi connectivity index (χ0n) is 12.3. The third-order valence-corrected chi connectivity index (χ3v) is 7.53. The van der Waals surface area contributed by atoms with Crippen LogP contribution >= 0.6 is 0 Å². The molecular formula is C15H20N2O4S. The fourth-order valence-electron chi connectivity index (χ4n) is 4.45. The summed E-state index contributed by atoms with van der Waals surface area (Å²) in [5.41, 5.74) is 0. The van der Waals surface area contributed by atoms with Crippen molar-refractivity contribution in [1.82, 2.24) is 9.21 Å². The standard InChI is InChI=1S/C15H20N2O4S/c1-16-10-7-12-15(19)11(16)8-13(14(10)18)17(12)22(20,21)9-5-3-2-4-6-9/h2-6,10-15,18-19H,7-8H2,1H3/t10-,11-,12-,13-,14+,15+/m0/s1. The minimum atomic E-state index is -3.71. The van der Waals surface area contributed by atoms with Crippen molar-refractivity contribution in [1.29, 1.82) is 0 Å². The normalized spacial score (nSPS) is 42.0. The van der Waals surface area contributed by atoms with Gasteiger partial charge in [0.1, 0.15) is 0 Å². The summed E-state index contributed by atoms with van der Waals surface area (Å²) in [4.78, 5) is 2.23. The van der Waals surface area contributed by atoms with Gasteiger partial charge < -0.3 is 10.2 Å². The Morgan fingerprint density at radius 1 is 0.955 bits per heavy atom. The zero-order valence-corrected chi connectivity index (χ0v) is 13.1. The molecule has 1 aromatic rings. The van der Waals surface area contributed by atoms with Crippen molar-refractivity contribution in [2.75, 3.05) is 7.05 Å². The maximum Gasteiger partial charge on any atom is 0.243 e. The molecule has 0 unspecified atom stereocenters. The van der Waals surface area contributed by atoms with Gasteiger partial charge in [-0.25, -0.2) is 8.42 Å². The topological polar surface area (TPSA) is 81.1 Å². The van der Waals surface area contributed by atoms with Crippen LogP contribution in [0.15, 0.2) is 35.2 Å². The minimum Gasteiger partial charge on any atom is -0.390 e. The summed E-state index contributed by atoms with van der Waals surface area (Å²) in [5, 5.41) is 21.1. The van der Waals surface area contributed by atoms with Gasteiger partial charge in [0.15, 0.2) is 0 Å². The first-order valence-electron chi connectivity index (χ1n) is 7.59. The Balaban J connectivity index is 1.78. The highest BCUT2D eigenvalue weighted by Gasteiger charge is 2.61. The van der Waals surface area contributed by atoms with Crippen molar-refractivity contribution >= 4 is 10.0 Å². The van der Waals surface area contributed by atoms with E-state index in [1.54, 1.807) is 30.3 Å². The molecule has 4 heterocycles. The Hall–Kier alpha value is -0.990. The second kappa shape index (κ2) is 4.75. The molecule has 5 rings (SSSR count). The van der Waals surface area contributed by atoms with Gasteiger partial charge in [-0.2, -0.15) is 4.31 Å². The van der Waals surface area contributed by atoms with Crippen LogP contribution in [0, 0.1) is 0 Å². The Morgan fingerprint density at radius 2 is 1.45 bits per heavy atom. The molecule has 4 aliphatic heterocycles. The molecule has 2 N–H and O–H groups in total. The average molecular weight is 324 g/mol. The molecule has 1 aromatic carbocycles. The van der Waals surface area contributed by atoms with Crippen LogP contribution in [0.1, 0.15) is 12.8 Å². The second-order valence-corrected chi connectivity index (χ2v) is 8.38. The van der Waals surface area contributed by atoms with Crippen molar-refractivity contribution in [3.63, 3.8) is 0 Å². The van der Waals surface area contributed by atoms with Gasteiger partial charge in [0.2, 0.25) is 10.0 Å². The third kappa shape index (κ3) is 1.77. The predicted octanol–water partition coefficient (Wildman–Crippen LogP) is -0.374. The van der Waals surface area contributed by atoms with E-state index in [0.29, 0.717) is 12.8 Å². The van der Waals surface area contributed by atoms with E-state index < -0.39 is 34.3 Å². The maximum atomic E-state index is 13.0. The number of piperidine rings is 4. The monoisotopic (exact) mass is 324 g/mol. The van der Waals surface area contributed by atoms with Gasteiger partial charge in [0.05, 0.1) is 29.2 Å². The molecule has 0 spiro atoms. The first-order chi connectivity index (χ1) is 10.4. The fourth-order valence-corrected chi connectivity index (χ4v) is 6.33. The number of sulfonamides is 1. The van der Waals surface area contributed by atoms with Crippen molar-refractivity contribution in [2.24, 2.45) is 0 Å². The number of hydrogen-bond acceptors (Lipinski definition) is 5. The molecule has 0 aliphatic carbocycles. The van der Waals surface area contributed by atoms with E-state index in [2.05, 4.69) is 0 Å². The number of benzene rings is 1. The molecular weight excluding hydrogens is 304 g/mol. The minimum absolute atomic E-state index is 0.0700. The van der Waals surface area contributed by atoms with E-state index in [1.165, 1.54) is 4.31 Å². The molecule has 4 aliphatic rings. The number of rotatable bonds is 2. The SMILES string of the molecule is CN1[C@H]2C[C@H]3[C@H](O)[C@@H]1C[C@@H]([C@@H]2O)N3S(=O)(=O)c1ccccc1. The largest absolute Gasteiger partial charge is 0.390 e. The van der Waals surface area contributed by atoms with Crippen LogP contribution in [-0.2, 0) is 10.0 Å². The zero-order chi connectivity index (χ0) is 15.6. The number of aliphatic hydroxyl groups excluding tert-OH is 2. The summed E-state index contributed by atoms with van der Waals surface area (Å²) in [7, 11) is -1.81. The summed E-state index contributed by atoms with van der Waals surface area (Å²) < 4.78 is 27.3. The van der Waals surface area contributed by atoms with Gasteiger partial charge in [0.25, 0.3) is 0 Å². The number of nitrogens with zero attached hydrogens (tertiary/aromatic N) is 2. The molecule has 0 aromatic heterocycles. The van der Waals surface area contributed by atoms with Crippen LogP contribution in [0.4, 0.5) is 0 Å². The number of likely N-dealkylation sites (N-methyl/N-ethyl adjacent to an activating group) is 1. The Kier molecular flexibility index (Phi) is 3.15. The predicted molar refractivity (Wildman–Crippen MR) is 79.6 cm³/mol. The lowest BCUT2D eigenvalue weighted by Crippen LogP contribution is -2.79. The molecule has 4 bridgehead atoms. The quantitative estimate of drug-likeness (QED) is 0.776. The van der Waals surface area contributed by atoms with E-state index in [4.69, 9.17) is 0 Å². The molecule has 6 atom stereocenters. The highest BCUT2D eigenvalue weighted by molar-refractivity contribution is 7.89. The van der Waals surface area contributed by atoms with E-state index in [9.17, 15) is 18.6 Å². The Labute approximate surface area is 130 Å². The molecule has 4 fully saturated rings. The van der Waals surface area contributed by atoms with Crippen LogP contribution in [0.2, 0.25) is 0 Å². The molecule has 6 nitrogen and oxygen atoms in total. The molecule has 120 valence electrons. The van der Waals surface area contributed by atoms with Crippen molar-refractivity contribution in [3.8, 4) is 0 Å². The summed E-state index contributed by atoms with van der Waals surface area (Å²) in [6.45, 7) is 0. The fraction of sp³-hybridized carbons (Fsp3) is 0.600. The van der Waals surface area contributed by atoms with Crippen molar-refractivity contribution in [2.45, 2.75) is 54.1 Å². The van der Waals surface area contributed by atoms with Crippen molar-refractivity contribution < 1.29 is 18.6 Å². The van der Waals surface area contributed by atoms with E-state index in [1.807, 2.05) is 11.9 Å². The van der Waals surface area contributed by atoms with Gasteiger partial charge in [-0.1, -0.05) is 18.2 Å². The van der Waals surface area contributed by atoms with Crippen LogP contribution < -0.4 is 0 Å². The van der Waals surface area contributed by atoms with Gasteiger partial charge >= 0.3 is 0 Å². The van der Waals surface area contributed by atoms with Gasteiger partial charge in [0, 0.05) is 12.1 Å². The summed E-state index contributed by atoms with van der Waals surface area (Å²) in [6.07, 6.45) is -0.470. The Morgan fingerprint density at radius 3 is 1.95 bits per heavy atom. The lowest BCUT2D eigenvalue weighted by molar-refractivity contribution is -0.184. The second-order valence-electron chi connectivity index (χ2n) is 6.54. The van der Waals surface area contributed by atoms with Crippen LogP contribution in [-0.4, -0.2) is 71.3 Å². The molecule has 7 heteroatoms. The molecule has 4 saturated heterocycles. The van der Waals surface area contributed by atoms with Crippen LogP contribution in [0.5, 0.6) is 0 Å². The van der Waals surface area contributed by atoms with Gasteiger partial charge in [-0.3, -0.25) is 4.90 Å².